The van der Waals surface area contributed by atoms with Crippen LogP contribution in [0.3, 0.4) is 0 Å². The SMILES string of the molecule is CCNC(=O)N1CCC(N(CCc2noc(C(C)C)n2)C(C)=O)C1. The second-order valence-electron chi connectivity index (χ2n) is 6.39. The molecule has 1 aromatic rings. The number of carbonyl (C=O) groups is 2. The average molecular weight is 337 g/mol. The summed E-state index contributed by atoms with van der Waals surface area (Å²) >= 11 is 0. The molecule has 0 saturated carbocycles. The third-order valence-corrected chi connectivity index (χ3v) is 4.18. The molecule has 2 heterocycles. The fourth-order valence-corrected chi connectivity index (χ4v) is 2.86. The van der Waals surface area contributed by atoms with Gasteiger partial charge in [-0.1, -0.05) is 19.0 Å². The van der Waals surface area contributed by atoms with Crippen LogP contribution in [0, 0.1) is 0 Å². The number of urea groups is 1. The van der Waals surface area contributed by atoms with Crippen molar-refractivity contribution in [2.24, 2.45) is 0 Å². The van der Waals surface area contributed by atoms with E-state index in [1.54, 1.807) is 11.8 Å². The first-order valence-electron chi connectivity index (χ1n) is 8.54. The Bertz CT molecular complexity index is 572. The Balaban J connectivity index is 1.92. The molecule has 134 valence electrons. The van der Waals surface area contributed by atoms with Gasteiger partial charge < -0.3 is 19.6 Å². The molecule has 1 fully saturated rings. The van der Waals surface area contributed by atoms with E-state index in [-0.39, 0.29) is 23.9 Å². The van der Waals surface area contributed by atoms with Crippen molar-refractivity contribution in [1.29, 1.82) is 0 Å². The molecular weight excluding hydrogens is 310 g/mol. The molecule has 1 unspecified atom stereocenters. The highest BCUT2D eigenvalue weighted by atomic mass is 16.5. The minimum absolute atomic E-state index is 0.00493. The molecule has 1 aliphatic heterocycles. The number of amides is 3. The molecule has 1 aliphatic rings. The van der Waals surface area contributed by atoms with Crippen LogP contribution in [0.2, 0.25) is 0 Å². The predicted octanol–water partition coefficient (Wildman–Crippen LogP) is 1.39. The summed E-state index contributed by atoms with van der Waals surface area (Å²) in [6, 6.07) is -0.0233. The van der Waals surface area contributed by atoms with Crippen LogP contribution < -0.4 is 5.32 Å². The van der Waals surface area contributed by atoms with Gasteiger partial charge in [0.05, 0.1) is 6.04 Å². The largest absolute Gasteiger partial charge is 0.339 e. The Kier molecular flexibility index (Phi) is 6.16. The minimum Gasteiger partial charge on any atom is -0.339 e. The fourth-order valence-electron chi connectivity index (χ4n) is 2.86. The summed E-state index contributed by atoms with van der Waals surface area (Å²) in [7, 11) is 0. The maximum absolute atomic E-state index is 12.0. The quantitative estimate of drug-likeness (QED) is 0.847. The van der Waals surface area contributed by atoms with Gasteiger partial charge in [-0.15, -0.1) is 0 Å². The predicted molar refractivity (Wildman–Crippen MR) is 88.5 cm³/mol. The fraction of sp³-hybridized carbons (Fsp3) is 0.750. The monoisotopic (exact) mass is 337 g/mol. The van der Waals surface area contributed by atoms with Gasteiger partial charge in [0.1, 0.15) is 0 Å². The van der Waals surface area contributed by atoms with Gasteiger partial charge in [-0.25, -0.2) is 4.79 Å². The molecule has 0 radical (unpaired) electrons. The first-order chi connectivity index (χ1) is 11.4. The maximum Gasteiger partial charge on any atom is 0.317 e. The Morgan fingerprint density at radius 1 is 1.46 bits per heavy atom. The second-order valence-corrected chi connectivity index (χ2v) is 6.39. The Morgan fingerprint density at radius 2 is 2.21 bits per heavy atom. The number of hydrogen-bond donors (Lipinski definition) is 1. The van der Waals surface area contributed by atoms with E-state index in [9.17, 15) is 9.59 Å². The first kappa shape index (κ1) is 18.2. The Hall–Kier alpha value is -2.12. The van der Waals surface area contributed by atoms with E-state index in [2.05, 4.69) is 15.5 Å². The molecule has 0 spiro atoms. The van der Waals surface area contributed by atoms with Gasteiger partial charge in [-0.3, -0.25) is 4.79 Å². The van der Waals surface area contributed by atoms with Crippen LogP contribution in [-0.2, 0) is 11.2 Å². The van der Waals surface area contributed by atoms with Crippen LogP contribution >= 0.6 is 0 Å². The molecule has 1 atom stereocenters. The zero-order valence-electron chi connectivity index (χ0n) is 14.9. The Morgan fingerprint density at radius 3 is 2.79 bits per heavy atom. The summed E-state index contributed by atoms with van der Waals surface area (Å²) in [6.07, 6.45) is 1.34. The standard InChI is InChI=1S/C16H27N5O3/c1-5-17-16(23)20-8-6-13(10-20)21(12(4)22)9-7-14-18-15(11(2)3)24-19-14/h11,13H,5-10H2,1-4H3,(H,17,23). The van der Waals surface area contributed by atoms with Gasteiger partial charge in [0, 0.05) is 45.4 Å². The number of hydrogen-bond acceptors (Lipinski definition) is 5. The van der Waals surface area contributed by atoms with E-state index in [0.29, 0.717) is 44.3 Å². The number of nitrogens with one attached hydrogen (secondary N) is 1. The molecule has 0 aliphatic carbocycles. The zero-order chi connectivity index (χ0) is 17.7. The van der Waals surface area contributed by atoms with Crippen molar-refractivity contribution in [2.75, 3.05) is 26.2 Å². The highest BCUT2D eigenvalue weighted by Gasteiger charge is 2.31. The summed E-state index contributed by atoms with van der Waals surface area (Å²) in [5.41, 5.74) is 0. The van der Waals surface area contributed by atoms with Gasteiger partial charge in [-0.05, 0) is 13.3 Å². The molecular formula is C16H27N5O3. The number of likely N-dealkylation sites (tertiary alicyclic amines) is 1. The zero-order valence-corrected chi connectivity index (χ0v) is 14.9. The van der Waals surface area contributed by atoms with Crippen molar-refractivity contribution in [2.45, 2.75) is 52.5 Å². The van der Waals surface area contributed by atoms with Gasteiger partial charge in [0.25, 0.3) is 0 Å². The lowest BCUT2D eigenvalue weighted by atomic mass is 10.2. The van der Waals surface area contributed by atoms with E-state index in [1.807, 2.05) is 25.7 Å². The third-order valence-electron chi connectivity index (χ3n) is 4.18. The van der Waals surface area contributed by atoms with Crippen molar-refractivity contribution in [3.63, 3.8) is 0 Å². The summed E-state index contributed by atoms with van der Waals surface area (Å²) in [4.78, 5) is 31.8. The molecule has 0 aromatic carbocycles. The second kappa shape index (κ2) is 8.12. The van der Waals surface area contributed by atoms with E-state index >= 15 is 0 Å². The number of carbonyl (C=O) groups excluding carboxylic acids is 2. The van der Waals surface area contributed by atoms with Crippen molar-refractivity contribution < 1.29 is 14.1 Å². The van der Waals surface area contributed by atoms with Crippen LogP contribution in [-0.4, -0.2) is 64.1 Å². The highest BCUT2D eigenvalue weighted by molar-refractivity contribution is 5.76. The summed E-state index contributed by atoms with van der Waals surface area (Å²) in [5, 5.41) is 6.76. The van der Waals surface area contributed by atoms with Crippen LogP contribution in [0.5, 0.6) is 0 Å². The Labute approximate surface area is 142 Å². The molecule has 1 saturated heterocycles. The molecule has 8 heteroatoms. The smallest absolute Gasteiger partial charge is 0.317 e. The van der Waals surface area contributed by atoms with Crippen molar-refractivity contribution in [1.82, 2.24) is 25.3 Å². The first-order valence-corrected chi connectivity index (χ1v) is 8.54. The van der Waals surface area contributed by atoms with E-state index in [4.69, 9.17) is 4.52 Å². The topological polar surface area (TPSA) is 91.6 Å². The van der Waals surface area contributed by atoms with Gasteiger partial charge in [-0.2, -0.15) is 4.98 Å². The van der Waals surface area contributed by atoms with Crippen LogP contribution in [0.25, 0.3) is 0 Å². The normalized spacial score (nSPS) is 17.4. The van der Waals surface area contributed by atoms with Crippen LogP contribution in [0.4, 0.5) is 4.79 Å². The highest BCUT2D eigenvalue weighted by Crippen LogP contribution is 2.17. The van der Waals surface area contributed by atoms with E-state index in [0.717, 1.165) is 6.42 Å². The number of nitrogens with zero attached hydrogens (tertiary/aromatic N) is 4. The maximum atomic E-state index is 12.0. The van der Waals surface area contributed by atoms with E-state index in [1.165, 1.54) is 0 Å². The molecule has 24 heavy (non-hydrogen) atoms. The van der Waals surface area contributed by atoms with Gasteiger partial charge >= 0.3 is 6.03 Å². The molecule has 1 N–H and O–H groups in total. The summed E-state index contributed by atoms with van der Waals surface area (Å²) < 4.78 is 5.19. The van der Waals surface area contributed by atoms with Crippen LogP contribution in [0.15, 0.2) is 4.52 Å². The van der Waals surface area contributed by atoms with Crippen molar-refractivity contribution in [3.8, 4) is 0 Å². The van der Waals surface area contributed by atoms with Crippen LogP contribution in [0.1, 0.15) is 51.7 Å². The molecule has 1 aromatic heterocycles. The molecule has 2 rings (SSSR count). The molecule has 8 nitrogen and oxygen atoms in total. The summed E-state index contributed by atoms with van der Waals surface area (Å²) in [6.45, 7) is 9.80. The van der Waals surface area contributed by atoms with E-state index < -0.39 is 0 Å². The lowest BCUT2D eigenvalue weighted by Gasteiger charge is -2.27. The van der Waals surface area contributed by atoms with Gasteiger partial charge in [0.2, 0.25) is 11.8 Å². The minimum atomic E-state index is -0.0664. The lowest BCUT2D eigenvalue weighted by Crippen LogP contribution is -2.44. The summed E-state index contributed by atoms with van der Waals surface area (Å²) in [5.74, 6) is 1.42. The molecule has 3 amide bonds. The number of aromatic nitrogens is 2. The lowest BCUT2D eigenvalue weighted by molar-refractivity contribution is -0.130. The average Bonchev–Trinajstić information content (AvgIpc) is 3.16. The van der Waals surface area contributed by atoms with Gasteiger partial charge in [0.15, 0.2) is 5.82 Å². The molecule has 0 bridgehead atoms. The van der Waals surface area contributed by atoms with Crippen molar-refractivity contribution in [3.05, 3.63) is 11.7 Å². The van der Waals surface area contributed by atoms with Crippen molar-refractivity contribution >= 4 is 11.9 Å². The third kappa shape index (κ3) is 4.46. The number of rotatable bonds is 6.